The Morgan fingerprint density at radius 2 is 2.21 bits per heavy atom. The summed E-state index contributed by atoms with van der Waals surface area (Å²) in [5.74, 6) is 1.57. The quantitative estimate of drug-likeness (QED) is 0.668. The summed E-state index contributed by atoms with van der Waals surface area (Å²) in [6.45, 7) is 4.49. The van der Waals surface area contributed by atoms with Crippen molar-refractivity contribution in [3.8, 4) is 11.8 Å². The van der Waals surface area contributed by atoms with Crippen molar-refractivity contribution in [1.29, 1.82) is 5.26 Å². The summed E-state index contributed by atoms with van der Waals surface area (Å²) >= 11 is 0. The molecule has 124 valence electrons. The molecule has 2 atom stereocenters. The van der Waals surface area contributed by atoms with Gasteiger partial charge in [-0.1, -0.05) is 19.9 Å². The summed E-state index contributed by atoms with van der Waals surface area (Å²) in [5, 5.41) is 12.8. The van der Waals surface area contributed by atoms with Crippen LogP contribution in [0.15, 0.2) is 41.0 Å². The molecule has 3 aliphatic carbocycles. The van der Waals surface area contributed by atoms with Crippen LogP contribution < -0.4 is 10.2 Å². The fourth-order valence-corrected chi connectivity index (χ4v) is 3.53. The summed E-state index contributed by atoms with van der Waals surface area (Å²) < 4.78 is 5.36. The first kappa shape index (κ1) is 16.3. The Kier molecular flexibility index (Phi) is 4.39. The summed E-state index contributed by atoms with van der Waals surface area (Å²) in [7, 11) is 0. The molecule has 5 heteroatoms. The average molecular weight is 323 g/mol. The molecule has 0 aromatic heterocycles. The lowest BCUT2D eigenvalue weighted by Crippen LogP contribution is -2.48. The van der Waals surface area contributed by atoms with Crippen LogP contribution in [0, 0.1) is 28.6 Å². The fourth-order valence-electron chi connectivity index (χ4n) is 3.53. The first-order valence-electron chi connectivity index (χ1n) is 8.15. The molecule has 2 bridgehead atoms. The van der Waals surface area contributed by atoms with E-state index in [0.29, 0.717) is 22.6 Å². The van der Waals surface area contributed by atoms with Crippen molar-refractivity contribution in [3.05, 3.63) is 41.5 Å². The first-order chi connectivity index (χ1) is 11.5. The van der Waals surface area contributed by atoms with Crippen LogP contribution in [0.3, 0.4) is 0 Å². The van der Waals surface area contributed by atoms with E-state index in [2.05, 4.69) is 30.5 Å². The van der Waals surface area contributed by atoms with Gasteiger partial charge >= 0.3 is 0 Å². The molecule has 24 heavy (non-hydrogen) atoms. The number of benzene rings is 1. The minimum Gasteiger partial charge on any atom is -0.484 e. The van der Waals surface area contributed by atoms with Crippen molar-refractivity contribution in [3.63, 3.8) is 0 Å². The highest BCUT2D eigenvalue weighted by molar-refractivity contribution is 5.83. The topological polar surface area (TPSA) is 74.5 Å². The standard InChI is InChI=1S/C19H21N3O2/c1-19(2)15-6-5-14(17(19)9-15)11-21-22-18(23)12-24-16-7-3-13(10-20)4-8-16/h3-5,7-8,11,15,17H,6,9,12H2,1-2H3,(H,22,23). The van der Waals surface area contributed by atoms with Crippen LogP contribution in [0.1, 0.15) is 32.3 Å². The molecule has 0 aliphatic heterocycles. The van der Waals surface area contributed by atoms with Crippen molar-refractivity contribution < 1.29 is 9.53 Å². The van der Waals surface area contributed by atoms with Crippen LogP contribution in [-0.4, -0.2) is 18.7 Å². The van der Waals surface area contributed by atoms with Gasteiger partial charge in [0.25, 0.3) is 5.91 Å². The van der Waals surface area contributed by atoms with Crippen molar-refractivity contribution in [2.24, 2.45) is 22.4 Å². The molecule has 0 spiro atoms. The van der Waals surface area contributed by atoms with Gasteiger partial charge in [0, 0.05) is 0 Å². The Balaban J connectivity index is 1.46. The van der Waals surface area contributed by atoms with Crippen LogP contribution in [-0.2, 0) is 4.79 Å². The van der Waals surface area contributed by atoms with E-state index in [1.807, 2.05) is 6.07 Å². The third-order valence-corrected chi connectivity index (χ3v) is 5.27. The van der Waals surface area contributed by atoms with Gasteiger partial charge in [0.1, 0.15) is 5.75 Å². The second kappa shape index (κ2) is 6.48. The minimum atomic E-state index is -0.308. The molecule has 0 radical (unpaired) electrons. The number of hydrogen-bond acceptors (Lipinski definition) is 4. The van der Waals surface area contributed by atoms with Gasteiger partial charge in [-0.05, 0) is 59.9 Å². The summed E-state index contributed by atoms with van der Waals surface area (Å²) in [4.78, 5) is 11.8. The minimum absolute atomic E-state index is 0.112. The summed E-state index contributed by atoms with van der Waals surface area (Å²) in [5.41, 5.74) is 4.62. The maximum Gasteiger partial charge on any atom is 0.277 e. The van der Waals surface area contributed by atoms with Crippen LogP contribution in [0.5, 0.6) is 5.75 Å². The van der Waals surface area contributed by atoms with E-state index in [1.165, 1.54) is 12.0 Å². The van der Waals surface area contributed by atoms with Gasteiger partial charge in [-0.25, -0.2) is 5.43 Å². The van der Waals surface area contributed by atoms with E-state index in [4.69, 9.17) is 10.00 Å². The lowest BCUT2D eigenvalue weighted by atomic mass is 9.49. The number of ether oxygens (including phenoxy) is 1. The van der Waals surface area contributed by atoms with Crippen molar-refractivity contribution in [1.82, 2.24) is 5.43 Å². The number of nitriles is 1. The normalized spacial score (nSPS) is 23.8. The molecule has 0 heterocycles. The van der Waals surface area contributed by atoms with Gasteiger partial charge in [-0.2, -0.15) is 10.4 Å². The maximum atomic E-state index is 11.8. The number of rotatable bonds is 5. The zero-order valence-corrected chi connectivity index (χ0v) is 14.0. The molecule has 1 N–H and O–H groups in total. The molecule has 2 unspecified atom stereocenters. The predicted molar refractivity (Wildman–Crippen MR) is 91.4 cm³/mol. The van der Waals surface area contributed by atoms with Crippen molar-refractivity contribution in [2.45, 2.75) is 26.7 Å². The number of carbonyl (C=O) groups is 1. The number of nitrogens with one attached hydrogen (secondary N) is 1. The molecular formula is C19H21N3O2. The third-order valence-electron chi connectivity index (χ3n) is 5.27. The lowest BCUT2D eigenvalue weighted by Gasteiger charge is -2.55. The Morgan fingerprint density at radius 1 is 1.46 bits per heavy atom. The number of nitrogens with zero attached hydrogens (tertiary/aromatic N) is 2. The van der Waals surface area contributed by atoms with Gasteiger partial charge in [0.05, 0.1) is 17.8 Å². The smallest absolute Gasteiger partial charge is 0.277 e. The Labute approximate surface area is 142 Å². The van der Waals surface area contributed by atoms with Gasteiger partial charge < -0.3 is 4.74 Å². The summed E-state index contributed by atoms with van der Waals surface area (Å²) in [6, 6.07) is 8.65. The Bertz CT molecular complexity index is 726. The van der Waals surface area contributed by atoms with E-state index >= 15 is 0 Å². The second-order valence-electron chi connectivity index (χ2n) is 6.96. The summed E-state index contributed by atoms with van der Waals surface area (Å²) in [6.07, 6.45) is 6.32. The SMILES string of the molecule is CC1(C)C2CC=C(C=NNC(=O)COc3ccc(C#N)cc3)C1C2. The van der Waals surface area contributed by atoms with E-state index < -0.39 is 0 Å². The molecular weight excluding hydrogens is 302 g/mol. The van der Waals surface area contributed by atoms with E-state index in [0.717, 1.165) is 12.3 Å². The number of hydrogen-bond donors (Lipinski definition) is 1. The zero-order valence-electron chi connectivity index (χ0n) is 14.0. The Morgan fingerprint density at radius 3 is 2.83 bits per heavy atom. The highest BCUT2D eigenvalue weighted by atomic mass is 16.5. The van der Waals surface area contributed by atoms with Crippen molar-refractivity contribution >= 4 is 12.1 Å². The van der Waals surface area contributed by atoms with Crippen molar-refractivity contribution in [2.75, 3.05) is 6.61 Å². The van der Waals surface area contributed by atoms with Gasteiger partial charge in [0.15, 0.2) is 6.61 Å². The molecule has 5 nitrogen and oxygen atoms in total. The number of allylic oxidation sites excluding steroid dienone is 2. The lowest BCUT2D eigenvalue weighted by molar-refractivity contribution is -0.123. The number of carbonyl (C=O) groups excluding carboxylic acids is 1. The molecule has 1 saturated carbocycles. The fraction of sp³-hybridized carbons (Fsp3) is 0.421. The monoisotopic (exact) mass is 323 g/mol. The number of amides is 1. The van der Waals surface area contributed by atoms with Crippen LogP contribution in [0.4, 0.5) is 0 Å². The Hall–Kier alpha value is -2.61. The molecule has 1 aromatic carbocycles. The molecule has 1 aromatic rings. The van der Waals surface area contributed by atoms with Crippen LogP contribution >= 0.6 is 0 Å². The largest absolute Gasteiger partial charge is 0.484 e. The van der Waals surface area contributed by atoms with Gasteiger partial charge in [0.2, 0.25) is 0 Å². The first-order valence-corrected chi connectivity index (χ1v) is 8.15. The average Bonchev–Trinajstić information content (AvgIpc) is 2.60. The predicted octanol–water partition coefficient (Wildman–Crippen LogP) is 3.03. The number of hydrazone groups is 1. The van der Waals surface area contributed by atoms with Crippen LogP contribution in [0.2, 0.25) is 0 Å². The molecule has 3 aliphatic rings. The van der Waals surface area contributed by atoms with E-state index in [1.54, 1.807) is 30.5 Å². The third kappa shape index (κ3) is 3.18. The second-order valence-corrected chi connectivity index (χ2v) is 6.96. The maximum absolute atomic E-state index is 11.8. The zero-order chi connectivity index (χ0) is 17.2. The molecule has 1 amide bonds. The van der Waals surface area contributed by atoms with E-state index in [-0.39, 0.29) is 12.5 Å². The highest BCUT2D eigenvalue weighted by Crippen LogP contribution is 2.58. The molecule has 1 fully saturated rings. The van der Waals surface area contributed by atoms with E-state index in [9.17, 15) is 4.79 Å². The molecule has 4 rings (SSSR count). The van der Waals surface area contributed by atoms with Gasteiger partial charge in [-0.15, -0.1) is 0 Å². The van der Waals surface area contributed by atoms with Gasteiger partial charge in [-0.3, -0.25) is 4.79 Å². The molecule has 0 saturated heterocycles. The number of fused-ring (bicyclic) bond motifs is 1. The van der Waals surface area contributed by atoms with Crippen LogP contribution in [0.25, 0.3) is 0 Å². The highest BCUT2D eigenvalue weighted by Gasteiger charge is 2.50.